The lowest BCUT2D eigenvalue weighted by molar-refractivity contribution is 0.311. The molecule has 0 aromatic heterocycles. The third-order valence-corrected chi connectivity index (χ3v) is 3.58. The summed E-state index contributed by atoms with van der Waals surface area (Å²) in [6, 6.07) is 0. The van der Waals surface area contributed by atoms with Crippen molar-refractivity contribution < 1.29 is 8.42 Å². The van der Waals surface area contributed by atoms with Crippen molar-refractivity contribution in [1.82, 2.24) is 4.31 Å². The first kappa shape index (κ1) is 13.8. The van der Waals surface area contributed by atoms with Gasteiger partial charge in [0.15, 0.2) is 0 Å². The van der Waals surface area contributed by atoms with Gasteiger partial charge in [0.25, 0.3) is 0 Å². The van der Waals surface area contributed by atoms with Crippen LogP contribution < -0.4 is 5.73 Å². The molecule has 0 aromatic carbocycles. The average Bonchev–Trinajstić information content (AvgIpc) is 1.79. The zero-order valence-corrected chi connectivity index (χ0v) is 10.7. The molecule has 0 fully saturated rings. The maximum absolute atomic E-state index is 11.6. The Kier molecular flexibility index (Phi) is 4.48. The Bertz CT molecular complexity index is 304. The Labute approximate surface area is 91.5 Å². The third-order valence-electron chi connectivity index (χ3n) is 1.50. The van der Waals surface area contributed by atoms with Crippen LogP contribution in [-0.4, -0.2) is 37.1 Å². The van der Waals surface area contributed by atoms with Gasteiger partial charge >= 0.3 is 0 Å². The molecule has 0 saturated heterocycles. The van der Waals surface area contributed by atoms with Gasteiger partial charge in [-0.25, -0.2) is 12.7 Å². The van der Waals surface area contributed by atoms with Gasteiger partial charge in [-0.05, 0) is 5.41 Å². The average molecular weight is 238 g/mol. The van der Waals surface area contributed by atoms with Crippen LogP contribution in [0.5, 0.6) is 0 Å². The van der Waals surface area contributed by atoms with Crippen LogP contribution in [0.1, 0.15) is 20.8 Å². The minimum atomic E-state index is -3.33. The summed E-state index contributed by atoms with van der Waals surface area (Å²) in [5, 5.41) is 0. The monoisotopic (exact) mass is 238 g/mol. The van der Waals surface area contributed by atoms with Crippen LogP contribution in [0.15, 0.2) is 0 Å². The van der Waals surface area contributed by atoms with E-state index in [1.54, 1.807) is 7.05 Å². The van der Waals surface area contributed by atoms with Crippen molar-refractivity contribution in [3.05, 3.63) is 0 Å². The fourth-order valence-corrected chi connectivity index (χ4v) is 2.67. The first-order valence-corrected chi connectivity index (χ1v) is 6.29. The molecule has 2 N–H and O–H groups in total. The van der Waals surface area contributed by atoms with Gasteiger partial charge in [0.2, 0.25) is 10.0 Å². The van der Waals surface area contributed by atoms with Crippen molar-refractivity contribution >= 4 is 27.2 Å². The van der Waals surface area contributed by atoms with Gasteiger partial charge < -0.3 is 5.73 Å². The summed E-state index contributed by atoms with van der Waals surface area (Å²) in [6.07, 6.45) is 0. The smallest absolute Gasteiger partial charge is 0.220 e. The van der Waals surface area contributed by atoms with Crippen molar-refractivity contribution in [2.75, 3.05) is 19.3 Å². The molecule has 0 amide bonds. The summed E-state index contributed by atoms with van der Waals surface area (Å²) in [5.74, 6) is -0.255. The Hall–Kier alpha value is -0.200. The van der Waals surface area contributed by atoms with Gasteiger partial charge in [-0.15, -0.1) is 0 Å². The van der Waals surface area contributed by atoms with Crippen LogP contribution >= 0.6 is 12.2 Å². The highest BCUT2D eigenvalue weighted by molar-refractivity contribution is 7.92. The fraction of sp³-hybridized carbons (Fsp3) is 0.875. The maximum atomic E-state index is 11.6. The molecule has 0 unspecified atom stereocenters. The molecule has 0 rings (SSSR count). The SMILES string of the molecule is CN(CC(C)(C)C)S(=O)(=O)CC(N)=S. The highest BCUT2D eigenvalue weighted by Crippen LogP contribution is 2.16. The molecule has 0 aliphatic rings. The minimum Gasteiger partial charge on any atom is -0.392 e. The number of rotatable bonds is 4. The van der Waals surface area contributed by atoms with Crippen molar-refractivity contribution in [1.29, 1.82) is 0 Å². The molecule has 0 aliphatic carbocycles. The van der Waals surface area contributed by atoms with Crippen LogP contribution in [0.4, 0.5) is 0 Å². The van der Waals surface area contributed by atoms with Gasteiger partial charge in [0.05, 0.1) is 4.99 Å². The predicted molar refractivity (Wildman–Crippen MR) is 62.7 cm³/mol. The largest absolute Gasteiger partial charge is 0.392 e. The summed E-state index contributed by atoms with van der Waals surface area (Å²) in [6.45, 7) is 6.37. The number of nitrogens with two attached hydrogens (primary N) is 1. The second-order valence-corrected chi connectivity index (χ2v) is 7.14. The van der Waals surface area contributed by atoms with Gasteiger partial charge in [-0.2, -0.15) is 0 Å². The zero-order chi connectivity index (χ0) is 11.6. The predicted octanol–water partition coefficient (Wildman–Crippen LogP) is 0.580. The summed E-state index contributed by atoms with van der Waals surface area (Å²) in [5.41, 5.74) is 5.13. The molecule has 0 bridgehead atoms. The van der Waals surface area contributed by atoms with Gasteiger partial charge in [-0.3, -0.25) is 0 Å². The van der Waals surface area contributed by atoms with E-state index in [0.717, 1.165) is 0 Å². The van der Waals surface area contributed by atoms with Crippen LogP contribution in [-0.2, 0) is 10.0 Å². The lowest BCUT2D eigenvalue weighted by atomic mass is 9.97. The van der Waals surface area contributed by atoms with E-state index < -0.39 is 10.0 Å². The molecular formula is C8H18N2O2S2. The Morgan fingerprint density at radius 1 is 1.43 bits per heavy atom. The quantitative estimate of drug-likeness (QED) is 0.728. The molecule has 0 atom stereocenters. The Morgan fingerprint density at radius 2 is 1.86 bits per heavy atom. The number of nitrogens with zero attached hydrogens (tertiary/aromatic N) is 1. The molecule has 84 valence electrons. The fourth-order valence-electron chi connectivity index (χ4n) is 1.06. The molecule has 6 heteroatoms. The van der Waals surface area contributed by atoms with E-state index in [0.29, 0.717) is 6.54 Å². The molecule has 0 aliphatic heterocycles. The van der Waals surface area contributed by atoms with E-state index in [9.17, 15) is 8.42 Å². The molecule has 0 saturated carbocycles. The third kappa shape index (κ3) is 5.51. The molecule has 14 heavy (non-hydrogen) atoms. The van der Waals surface area contributed by atoms with Gasteiger partial charge in [-0.1, -0.05) is 33.0 Å². The van der Waals surface area contributed by atoms with E-state index in [2.05, 4.69) is 12.2 Å². The zero-order valence-electron chi connectivity index (χ0n) is 9.07. The molecule has 0 spiro atoms. The van der Waals surface area contributed by atoms with Crippen LogP contribution in [0.25, 0.3) is 0 Å². The van der Waals surface area contributed by atoms with E-state index in [1.807, 2.05) is 20.8 Å². The number of sulfonamides is 1. The Balaban J connectivity index is 4.53. The van der Waals surface area contributed by atoms with Gasteiger partial charge in [0, 0.05) is 13.6 Å². The normalized spacial score (nSPS) is 13.2. The first-order valence-electron chi connectivity index (χ1n) is 4.27. The van der Waals surface area contributed by atoms with E-state index in [-0.39, 0.29) is 16.2 Å². The van der Waals surface area contributed by atoms with Crippen LogP contribution in [0.2, 0.25) is 0 Å². The van der Waals surface area contributed by atoms with Crippen molar-refractivity contribution in [2.24, 2.45) is 11.1 Å². The van der Waals surface area contributed by atoms with E-state index in [1.165, 1.54) is 4.31 Å². The van der Waals surface area contributed by atoms with Crippen molar-refractivity contribution in [3.8, 4) is 0 Å². The second kappa shape index (κ2) is 4.55. The van der Waals surface area contributed by atoms with Crippen LogP contribution in [0, 0.1) is 5.41 Å². The second-order valence-electron chi connectivity index (χ2n) is 4.54. The van der Waals surface area contributed by atoms with Crippen molar-refractivity contribution in [2.45, 2.75) is 20.8 Å². The highest BCUT2D eigenvalue weighted by atomic mass is 32.2. The summed E-state index contributed by atoms with van der Waals surface area (Å²) in [4.78, 5) is 0.00533. The summed E-state index contributed by atoms with van der Waals surface area (Å²) < 4.78 is 24.5. The minimum absolute atomic E-state index is 0.00533. The molecule has 0 aromatic rings. The van der Waals surface area contributed by atoms with Gasteiger partial charge in [0.1, 0.15) is 5.75 Å². The summed E-state index contributed by atoms with van der Waals surface area (Å²) in [7, 11) is -1.79. The first-order chi connectivity index (χ1) is 6.04. The number of hydrogen-bond acceptors (Lipinski definition) is 3. The summed E-state index contributed by atoms with van der Waals surface area (Å²) >= 11 is 4.58. The highest BCUT2D eigenvalue weighted by Gasteiger charge is 2.23. The van der Waals surface area contributed by atoms with Crippen molar-refractivity contribution in [3.63, 3.8) is 0 Å². The number of thiocarbonyl (C=S) groups is 1. The lowest BCUT2D eigenvalue weighted by Crippen LogP contribution is -2.38. The van der Waals surface area contributed by atoms with Crippen LogP contribution in [0.3, 0.4) is 0 Å². The van der Waals surface area contributed by atoms with E-state index in [4.69, 9.17) is 5.73 Å². The maximum Gasteiger partial charge on any atom is 0.220 e. The topological polar surface area (TPSA) is 63.4 Å². The Morgan fingerprint density at radius 3 is 2.14 bits per heavy atom. The molecular weight excluding hydrogens is 220 g/mol. The lowest BCUT2D eigenvalue weighted by Gasteiger charge is -2.25. The molecule has 0 heterocycles. The molecule has 4 nitrogen and oxygen atoms in total. The molecule has 0 radical (unpaired) electrons. The number of hydrogen-bond donors (Lipinski definition) is 1. The van der Waals surface area contributed by atoms with E-state index >= 15 is 0 Å². The standard InChI is InChI=1S/C8H18N2O2S2/c1-8(2,3)6-10(4)14(11,12)5-7(9)13/h5-6H2,1-4H3,(H2,9,13).